The first-order valence-corrected chi connectivity index (χ1v) is 8.71. The van der Waals surface area contributed by atoms with Crippen molar-refractivity contribution < 1.29 is 9.32 Å². The third-order valence-corrected chi connectivity index (χ3v) is 4.79. The van der Waals surface area contributed by atoms with E-state index in [9.17, 15) is 4.79 Å². The monoisotopic (exact) mass is 347 g/mol. The fraction of sp³-hybridized carbons (Fsp3) is 0.444. The molecule has 1 amide bonds. The molecule has 1 aliphatic heterocycles. The minimum Gasteiger partial charge on any atom is -0.356 e. The molecule has 1 saturated heterocycles. The first kappa shape index (κ1) is 17.0. The molecule has 1 aromatic heterocycles. The van der Waals surface area contributed by atoms with Crippen LogP contribution < -0.4 is 5.32 Å². The molecule has 2 heterocycles. The molecule has 1 aromatic carbocycles. The Labute approximate surface area is 147 Å². The Balaban J connectivity index is 1.61. The van der Waals surface area contributed by atoms with Crippen molar-refractivity contribution in [2.45, 2.75) is 38.3 Å². The van der Waals surface area contributed by atoms with Gasteiger partial charge in [0.1, 0.15) is 5.69 Å². The highest BCUT2D eigenvalue weighted by Crippen LogP contribution is 2.27. The summed E-state index contributed by atoms with van der Waals surface area (Å²) in [5, 5.41) is 7.61. The molecule has 128 valence electrons. The van der Waals surface area contributed by atoms with Gasteiger partial charge in [0, 0.05) is 11.6 Å². The molecule has 5 nitrogen and oxygen atoms in total. The van der Waals surface area contributed by atoms with Crippen LogP contribution in [0.1, 0.15) is 31.4 Å². The Morgan fingerprint density at radius 1 is 1.38 bits per heavy atom. The summed E-state index contributed by atoms with van der Waals surface area (Å²) < 4.78 is 5.35. The molecule has 24 heavy (non-hydrogen) atoms. The van der Waals surface area contributed by atoms with Gasteiger partial charge in [0.25, 0.3) is 0 Å². The maximum Gasteiger partial charge on any atom is 0.237 e. The Hall–Kier alpha value is -1.85. The lowest BCUT2D eigenvalue weighted by molar-refractivity contribution is -0.126. The van der Waals surface area contributed by atoms with Crippen LogP contribution in [0.15, 0.2) is 34.9 Å². The van der Waals surface area contributed by atoms with Crippen LogP contribution in [0.5, 0.6) is 0 Å². The zero-order valence-corrected chi connectivity index (χ0v) is 14.6. The summed E-state index contributed by atoms with van der Waals surface area (Å²) in [5.41, 5.74) is 1.49. The fourth-order valence-electron chi connectivity index (χ4n) is 3.06. The number of carbonyl (C=O) groups is 1. The van der Waals surface area contributed by atoms with Gasteiger partial charge in [-0.15, -0.1) is 0 Å². The molecule has 1 N–H and O–H groups in total. The van der Waals surface area contributed by atoms with Crippen LogP contribution in [-0.4, -0.2) is 35.6 Å². The van der Waals surface area contributed by atoms with Crippen LogP contribution in [0, 0.1) is 0 Å². The second-order valence-electron chi connectivity index (χ2n) is 6.23. The topological polar surface area (TPSA) is 58.4 Å². The molecule has 0 radical (unpaired) electrons. The maximum atomic E-state index is 12.4. The van der Waals surface area contributed by atoms with E-state index >= 15 is 0 Å². The van der Waals surface area contributed by atoms with Gasteiger partial charge < -0.3 is 9.84 Å². The van der Waals surface area contributed by atoms with Gasteiger partial charge in [-0.1, -0.05) is 41.7 Å². The summed E-state index contributed by atoms with van der Waals surface area (Å²) in [7, 11) is 2.02. The highest BCUT2D eigenvalue weighted by molar-refractivity contribution is 6.33. The molecular formula is C18H22ClN3O2. The molecule has 1 fully saturated rings. The number of halogens is 1. The lowest BCUT2D eigenvalue weighted by Gasteiger charge is -2.24. The molecular weight excluding hydrogens is 326 g/mol. The average Bonchev–Trinajstić information content (AvgIpc) is 2.94. The van der Waals surface area contributed by atoms with Crippen molar-refractivity contribution in [3.8, 4) is 11.3 Å². The Morgan fingerprint density at radius 3 is 3.04 bits per heavy atom. The number of rotatable bonds is 4. The quantitative estimate of drug-likeness (QED) is 0.919. The highest BCUT2D eigenvalue weighted by Gasteiger charge is 2.24. The fourth-order valence-corrected chi connectivity index (χ4v) is 3.29. The van der Waals surface area contributed by atoms with E-state index in [1.165, 1.54) is 6.42 Å². The third kappa shape index (κ3) is 3.97. The molecule has 0 bridgehead atoms. The third-order valence-electron chi connectivity index (χ3n) is 4.47. The van der Waals surface area contributed by atoms with E-state index in [1.807, 2.05) is 37.4 Å². The number of aromatic nitrogens is 1. The van der Waals surface area contributed by atoms with Crippen molar-refractivity contribution in [1.29, 1.82) is 0 Å². The van der Waals surface area contributed by atoms with Gasteiger partial charge in [-0.05, 0) is 38.6 Å². The standard InChI is InChI=1S/C18H22ClN3O2/c1-22-10-6-2-3-9-16(22)18(23)20-12-13-11-17(24-21-13)14-7-4-5-8-15(14)19/h4-5,7-8,11,16H,2-3,6,9-10,12H2,1H3,(H,20,23). The summed E-state index contributed by atoms with van der Waals surface area (Å²) in [6.45, 7) is 1.33. The van der Waals surface area contributed by atoms with E-state index in [0.29, 0.717) is 23.0 Å². The van der Waals surface area contributed by atoms with Crippen LogP contribution in [0.4, 0.5) is 0 Å². The molecule has 2 aromatic rings. The molecule has 0 aliphatic carbocycles. The van der Waals surface area contributed by atoms with Crippen LogP contribution in [0.25, 0.3) is 11.3 Å². The smallest absolute Gasteiger partial charge is 0.237 e. The number of hydrogen-bond donors (Lipinski definition) is 1. The van der Waals surface area contributed by atoms with Gasteiger partial charge in [-0.25, -0.2) is 0 Å². The number of carbonyl (C=O) groups excluding carboxylic acids is 1. The SMILES string of the molecule is CN1CCCCCC1C(=O)NCc1cc(-c2ccccc2Cl)on1. The van der Waals surface area contributed by atoms with Crippen molar-refractivity contribution in [3.63, 3.8) is 0 Å². The Kier molecular flexibility index (Phi) is 5.53. The molecule has 1 aliphatic rings. The second-order valence-corrected chi connectivity index (χ2v) is 6.63. The van der Waals surface area contributed by atoms with Gasteiger partial charge in [0.15, 0.2) is 5.76 Å². The molecule has 6 heteroatoms. The van der Waals surface area contributed by atoms with Crippen molar-refractivity contribution in [3.05, 3.63) is 41.0 Å². The molecule has 1 unspecified atom stereocenters. The number of likely N-dealkylation sites (N-methyl/N-ethyl adjacent to an activating group) is 1. The van der Waals surface area contributed by atoms with Crippen molar-refractivity contribution >= 4 is 17.5 Å². The minimum absolute atomic E-state index is 0.0533. The Morgan fingerprint density at radius 2 is 2.21 bits per heavy atom. The van der Waals surface area contributed by atoms with Gasteiger partial charge in [-0.2, -0.15) is 0 Å². The average molecular weight is 348 g/mol. The predicted molar refractivity (Wildman–Crippen MR) is 93.7 cm³/mol. The minimum atomic E-state index is -0.0533. The number of nitrogens with zero attached hydrogens (tertiary/aromatic N) is 2. The summed E-state index contributed by atoms with van der Waals surface area (Å²) in [5.74, 6) is 0.665. The van der Waals surface area contributed by atoms with Gasteiger partial charge in [-0.3, -0.25) is 9.69 Å². The van der Waals surface area contributed by atoms with E-state index in [-0.39, 0.29) is 11.9 Å². The van der Waals surface area contributed by atoms with Crippen molar-refractivity contribution in [2.24, 2.45) is 0 Å². The van der Waals surface area contributed by atoms with Crippen LogP contribution in [0.2, 0.25) is 5.02 Å². The van der Waals surface area contributed by atoms with Gasteiger partial charge in [0.2, 0.25) is 5.91 Å². The lowest BCUT2D eigenvalue weighted by atomic mass is 10.1. The Bertz CT molecular complexity index is 701. The largest absolute Gasteiger partial charge is 0.356 e. The summed E-state index contributed by atoms with van der Waals surface area (Å²) in [4.78, 5) is 14.6. The summed E-state index contributed by atoms with van der Waals surface area (Å²) in [6, 6.07) is 9.22. The normalized spacial score (nSPS) is 19.0. The zero-order valence-electron chi connectivity index (χ0n) is 13.8. The van der Waals surface area contributed by atoms with Crippen molar-refractivity contribution in [1.82, 2.24) is 15.4 Å². The molecule has 0 spiro atoms. The van der Waals surface area contributed by atoms with E-state index in [0.717, 1.165) is 31.4 Å². The number of nitrogens with one attached hydrogen (secondary N) is 1. The number of benzene rings is 1. The first-order valence-electron chi connectivity index (χ1n) is 8.33. The van der Waals surface area contributed by atoms with E-state index < -0.39 is 0 Å². The first-order chi connectivity index (χ1) is 11.6. The predicted octanol–water partition coefficient (Wildman–Crippen LogP) is 3.49. The van der Waals surface area contributed by atoms with E-state index in [1.54, 1.807) is 0 Å². The van der Waals surface area contributed by atoms with Gasteiger partial charge in [0.05, 0.1) is 17.6 Å². The molecule has 3 rings (SSSR count). The van der Waals surface area contributed by atoms with Gasteiger partial charge >= 0.3 is 0 Å². The zero-order chi connectivity index (χ0) is 16.9. The highest BCUT2D eigenvalue weighted by atomic mass is 35.5. The maximum absolute atomic E-state index is 12.4. The lowest BCUT2D eigenvalue weighted by Crippen LogP contribution is -2.44. The summed E-state index contributed by atoms with van der Waals surface area (Å²) in [6.07, 6.45) is 4.36. The number of hydrogen-bond acceptors (Lipinski definition) is 4. The second kappa shape index (κ2) is 7.81. The van der Waals surface area contributed by atoms with Crippen LogP contribution in [-0.2, 0) is 11.3 Å². The van der Waals surface area contributed by atoms with Crippen LogP contribution >= 0.6 is 11.6 Å². The number of likely N-dealkylation sites (tertiary alicyclic amines) is 1. The summed E-state index contributed by atoms with van der Waals surface area (Å²) >= 11 is 6.17. The molecule has 1 atom stereocenters. The number of amides is 1. The van der Waals surface area contributed by atoms with Crippen LogP contribution in [0.3, 0.4) is 0 Å². The van der Waals surface area contributed by atoms with E-state index in [4.69, 9.17) is 16.1 Å². The molecule has 0 saturated carbocycles. The van der Waals surface area contributed by atoms with E-state index in [2.05, 4.69) is 15.4 Å². The van der Waals surface area contributed by atoms with Crippen molar-refractivity contribution in [2.75, 3.05) is 13.6 Å².